The minimum atomic E-state index is 0.245. The van der Waals surface area contributed by atoms with Gasteiger partial charge in [0.1, 0.15) is 5.75 Å². The lowest BCUT2D eigenvalue weighted by Crippen LogP contribution is -2.37. The van der Waals surface area contributed by atoms with Crippen molar-refractivity contribution in [2.75, 3.05) is 19.7 Å². The summed E-state index contributed by atoms with van der Waals surface area (Å²) in [6, 6.07) is 9.74. The molecule has 0 heterocycles. The highest BCUT2D eigenvalue weighted by molar-refractivity contribution is 5.76. The van der Waals surface area contributed by atoms with E-state index in [9.17, 15) is 4.79 Å². The predicted molar refractivity (Wildman–Crippen MR) is 87.4 cm³/mol. The third-order valence-corrected chi connectivity index (χ3v) is 3.07. The van der Waals surface area contributed by atoms with E-state index in [1.54, 1.807) is 0 Å². The molecule has 0 unspecified atom stereocenters. The first kappa shape index (κ1) is 17.5. The summed E-state index contributed by atoms with van der Waals surface area (Å²) >= 11 is 0. The zero-order chi connectivity index (χ0) is 15.7. The maximum Gasteiger partial charge on any atom is 0.222 e. The molecule has 3 nitrogen and oxygen atoms in total. The maximum atomic E-state index is 12.3. The Labute approximate surface area is 129 Å². The molecule has 1 aromatic rings. The minimum Gasteiger partial charge on any atom is -0.494 e. The molecular weight excluding hydrogens is 262 g/mol. The van der Waals surface area contributed by atoms with Crippen LogP contribution in [-0.4, -0.2) is 30.5 Å². The third-order valence-electron chi connectivity index (χ3n) is 3.07. The summed E-state index contributed by atoms with van der Waals surface area (Å²) < 4.78 is 5.63. The Bertz CT molecular complexity index is 391. The van der Waals surface area contributed by atoms with Crippen LogP contribution in [0, 0.1) is 11.8 Å². The van der Waals surface area contributed by atoms with Gasteiger partial charge in [-0.3, -0.25) is 4.79 Å². The largest absolute Gasteiger partial charge is 0.494 e. The third kappa shape index (κ3) is 7.74. The maximum absolute atomic E-state index is 12.3. The van der Waals surface area contributed by atoms with Gasteiger partial charge >= 0.3 is 0 Å². The molecule has 1 amide bonds. The lowest BCUT2D eigenvalue weighted by Gasteiger charge is -2.26. The van der Waals surface area contributed by atoms with Gasteiger partial charge in [-0.1, -0.05) is 45.9 Å². The highest BCUT2D eigenvalue weighted by Crippen LogP contribution is 2.10. The van der Waals surface area contributed by atoms with Gasteiger partial charge < -0.3 is 9.64 Å². The summed E-state index contributed by atoms with van der Waals surface area (Å²) in [7, 11) is 0. The van der Waals surface area contributed by atoms with Crippen molar-refractivity contribution in [2.45, 2.75) is 40.5 Å². The first-order valence-corrected chi connectivity index (χ1v) is 7.94. The Balaban J connectivity index is 2.32. The van der Waals surface area contributed by atoms with Gasteiger partial charge in [0.15, 0.2) is 0 Å². The molecule has 0 saturated carbocycles. The highest BCUT2D eigenvalue weighted by Gasteiger charge is 2.15. The van der Waals surface area contributed by atoms with Crippen molar-refractivity contribution in [1.29, 1.82) is 0 Å². The van der Waals surface area contributed by atoms with Crippen molar-refractivity contribution >= 4 is 5.91 Å². The summed E-state index contributed by atoms with van der Waals surface area (Å²) in [5.74, 6) is 2.13. The van der Waals surface area contributed by atoms with Crippen molar-refractivity contribution in [1.82, 2.24) is 4.90 Å². The fourth-order valence-electron chi connectivity index (χ4n) is 2.25. The van der Waals surface area contributed by atoms with E-state index in [1.807, 2.05) is 35.2 Å². The number of ether oxygens (including phenoxy) is 1. The van der Waals surface area contributed by atoms with E-state index in [0.29, 0.717) is 24.9 Å². The molecule has 0 fully saturated rings. The van der Waals surface area contributed by atoms with Crippen LogP contribution in [0.1, 0.15) is 40.5 Å². The van der Waals surface area contributed by atoms with E-state index in [4.69, 9.17) is 4.74 Å². The Morgan fingerprint density at radius 1 is 1.05 bits per heavy atom. The van der Waals surface area contributed by atoms with Crippen molar-refractivity contribution in [3.8, 4) is 5.75 Å². The second-order valence-corrected chi connectivity index (χ2v) is 6.35. The van der Waals surface area contributed by atoms with Crippen LogP contribution in [0.3, 0.4) is 0 Å². The van der Waals surface area contributed by atoms with Crippen molar-refractivity contribution in [3.05, 3.63) is 30.3 Å². The molecule has 0 bridgehead atoms. The lowest BCUT2D eigenvalue weighted by molar-refractivity contribution is -0.132. The average molecular weight is 291 g/mol. The van der Waals surface area contributed by atoms with Crippen molar-refractivity contribution in [3.63, 3.8) is 0 Å². The number of carbonyl (C=O) groups is 1. The van der Waals surface area contributed by atoms with Crippen LogP contribution in [0.2, 0.25) is 0 Å². The first-order chi connectivity index (χ1) is 9.99. The number of rotatable bonds is 9. The number of amides is 1. The number of hydrogen-bond acceptors (Lipinski definition) is 2. The van der Waals surface area contributed by atoms with Crippen LogP contribution in [0.4, 0.5) is 0 Å². The highest BCUT2D eigenvalue weighted by atomic mass is 16.5. The van der Waals surface area contributed by atoms with Gasteiger partial charge in [-0.05, 0) is 30.4 Å². The standard InChI is InChI=1S/C18H29NO2/c1-15(2)13-19(14-16(3)4)18(20)11-8-12-21-17-9-6-5-7-10-17/h5-7,9-10,15-16H,8,11-14H2,1-4H3. The molecule has 0 aromatic heterocycles. The van der Waals surface area contributed by atoms with Crippen LogP contribution in [0.15, 0.2) is 30.3 Å². The average Bonchev–Trinajstić information content (AvgIpc) is 2.43. The molecule has 0 aliphatic carbocycles. The summed E-state index contributed by atoms with van der Waals surface area (Å²) in [6.07, 6.45) is 1.33. The van der Waals surface area contributed by atoms with E-state index in [0.717, 1.165) is 25.3 Å². The number of benzene rings is 1. The fourth-order valence-corrected chi connectivity index (χ4v) is 2.25. The van der Waals surface area contributed by atoms with E-state index < -0.39 is 0 Å². The monoisotopic (exact) mass is 291 g/mol. The second kappa shape index (κ2) is 9.43. The Morgan fingerprint density at radius 3 is 2.14 bits per heavy atom. The predicted octanol–water partition coefficient (Wildman–Crippen LogP) is 3.99. The Morgan fingerprint density at radius 2 is 1.62 bits per heavy atom. The summed E-state index contributed by atoms with van der Waals surface area (Å²) in [5, 5.41) is 0. The molecule has 0 aliphatic rings. The minimum absolute atomic E-state index is 0.245. The van der Waals surface area contributed by atoms with Gasteiger partial charge in [0.2, 0.25) is 5.91 Å². The Kier molecular flexibility index (Phi) is 7.88. The molecule has 1 aromatic carbocycles. The molecule has 0 N–H and O–H groups in total. The summed E-state index contributed by atoms with van der Waals surface area (Å²) in [6.45, 7) is 10.9. The van der Waals surface area contributed by atoms with Gasteiger partial charge in [0.25, 0.3) is 0 Å². The van der Waals surface area contributed by atoms with E-state index in [-0.39, 0.29) is 5.91 Å². The summed E-state index contributed by atoms with van der Waals surface area (Å²) in [5.41, 5.74) is 0. The van der Waals surface area contributed by atoms with E-state index >= 15 is 0 Å². The van der Waals surface area contributed by atoms with Gasteiger partial charge in [-0.15, -0.1) is 0 Å². The molecule has 0 radical (unpaired) electrons. The molecule has 0 saturated heterocycles. The van der Waals surface area contributed by atoms with Gasteiger partial charge in [0, 0.05) is 19.5 Å². The van der Waals surface area contributed by atoms with Gasteiger partial charge in [-0.2, -0.15) is 0 Å². The number of carbonyl (C=O) groups excluding carboxylic acids is 1. The lowest BCUT2D eigenvalue weighted by atomic mass is 10.1. The van der Waals surface area contributed by atoms with Crippen molar-refractivity contribution < 1.29 is 9.53 Å². The van der Waals surface area contributed by atoms with Crippen LogP contribution in [0.5, 0.6) is 5.75 Å². The smallest absolute Gasteiger partial charge is 0.222 e. The van der Waals surface area contributed by atoms with Gasteiger partial charge in [-0.25, -0.2) is 0 Å². The van der Waals surface area contributed by atoms with Crippen LogP contribution in [-0.2, 0) is 4.79 Å². The topological polar surface area (TPSA) is 29.5 Å². The quantitative estimate of drug-likeness (QED) is 0.644. The second-order valence-electron chi connectivity index (χ2n) is 6.35. The Hall–Kier alpha value is -1.51. The van der Waals surface area contributed by atoms with Crippen LogP contribution in [0.25, 0.3) is 0 Å². The van der Waals surface area contributed by atoms with E-state index in [2.05, 4.69) is 27.7 Å². The molecule has 118 valence electrons. The molecule has 0 atom stereocenters. The van der Waals surface area contributed by atoms with Crippen LogP contribution >= 0.6 is 0 Å². The molecular formula is C18H29NO2. The number of hydrogen-bond donors (Lipinski definition) is 0. The SMILES string of the molecule is CC(C)CN(CC(C)C)C(=O)CCCOc1ccccc1. The van der Waals surface area contributed by atoms with Crippen molar-refractivity contribution in [2.24, 2.45) is 11.8 Å². The van der Waals surface area contributed by atoms with Crippen LogP contribution < -0.4 is 4.74 Å². The molecule has 3 heteroatoms. The molecule has 21 heavy (non-hydrogen) atoms. The fraction of sp³-hybridized carbons (Fsp3) is 0.611. The number of nitrogens with zero attached hydrogens (tertiary/aromatic N) is 1. The normalized spacial score (nSPS) is 11.0. The zero-order valence-electron chi connectivity index (χ0n) is 13.8. The first-order valence-electron chi connectivity index (χ1n) is 7.94. The molecule has 0 spiro atoms. The summed E-state index contributed by atoms with van der Waals surface area (Å²) in [4.78, 5) is 14.3. The molecule has 0 aliphatic heterocycles. The molecule has 1 rings (SSSR count). The van der Waals surface area contributed by atoms with Gasteiger partial charge in [0.05, 0.1) is 6.61 Å². The number of para-hydroxylation sites is 1. The zero-order valence-corrected chi connectivity index (χ0v) is 13.8. The van der Waals surface area contributed by atoms with E-state index in [1.165, 1.54) is 0 Å².